The second-order valence-corrected chi connectivity index (χ2v) is 24.6. The van der Waals surface area contributed by atoms with E-state index in [1.807, 2.05) is 11.3 Å². The fourth-order valence-electron chi connectivity index (χ4n) is 11.6. The van der Waals surface area contributed by atoms with Crippen LogP contribution in [0.2, 0.25) is 0 Å². The van der Waals surface area contributed by atoms with Crippen LogP contribution in [0, 0.1) is 6.92 Å². The lowest BCUT2D eigenvalue weighted by Crippen LogP contribution is -2.60. The fraction of sp³-hybridized carbons (Fsp3) is 0.188. The molecule has 0 unspecified atom stereocenters. The van der Waals surface area contributed by atoms with Gasteiger partial charge in [-0.2, -0.15) is 0 Å². The first-order valence-electron chi connectivity index (χ1n) is 26.3. The Morgan fingerprint density at radius 1 is 0.432 bits per heavy atom. The molecular weight excluding hydrogens is 914 g/mol. The molecule has 2 aliphatic heterocycles. The van der Waals surface area contributed by atoms with Crippen LogP contribution >= 0.6 is 11.3 Å². The molecule has 0 fully saturated rings. The maximum Gasteiger partial charge on any atom is 0.264 e. The summed E-state index contributed by atoms with van der Waals surface area (Å²) in [4.78, 5) is 7.71. The Labute approximate surface area is 443 Å². The number of thiophene rings is 1. The minimum absolute atomic E-state index is 0.0188. The molecule has 0 amide bonds. The number of hydrogen-bond acceptors (Lipinski definition) is 4. The first-order valence-corrected chi connectivity index (χ1v) is 27.1. The second kappa shape index (κ2) is 17.8. The molecule has 10 aromatic rings. The fourth-order valence-corrected chi connectivity index (χ4v) is 13.2. The van der Waals surface area contributed by atoms with Gasteiger partial charge in [0.15, 0.2) is 0 Å². The lowest BCUT2D eigenvalue weighted by molar-refractivity contribution is 0.590. The molecule has 9 aromatic carbocycles. The Bertz CT molecular complexity index is 3630. The lowest BCUT2D eigenvalue weighted by atomic mass is 9.36. The third-order valence-electron chi connectivity index (χ3n) is 15.3. The van der Waals surface area contributed by atoms with Gasteiger partial charge in [0.2, 0.25) is 0 Å². The van der Waals surface area contributed by atoms with Crippen molar-refractivity contribution in [2.75, 3.05) is 14.7 Å². The van der Waals surface area contributed by atoms with Gasteiger partial charge >= 0.3 is 0 Å². The topological polar surface area (TPSA) is 9.72 Å². The van der Waals surface area contributed by atoms with E-state index in [-0.39, 0.29) is 23.0 Å². The summed E-state index contributed by atoms with van der Waals surface area (Å²) < 4.78 is 2.74. The highest BCUT2D eigenvalue weighted by atomic mass is 32.1. The third kappa shape index (κ3) is 8.04. The van der Waals surface area contributed by atoms with E-state index in [1.165, 1.54) is 104 Å². The van der Waals surface area contributed by atoms with E-state index in [2.05, 4.69) is 290 Å². The van der Waals surface area contributed by atoms with Crippen LogP contribution in [0.25, 0.3) is 32.3 Å². The SMILES string of the molecule is Cc1cc2c3c(c1)N(c1ccc(C(C)(C)C)cc1)c1c(sc4c(C(C)(C)C)cccc14)B3c1ccc(N(c3ccccc3)c3ccccc3)cc1N2c1c(-c2ccccc2)cc(C(C)(C)C)cc1-c1ccccc1. The molecule has 0 saturated carbocycles. The number of rotatable bonds is 7. The summed E-state index contributed by atoms with van der Waals surface area (Å²) in [6.07, 6.45) is 0. The largest absolute Gasteiger partial charge is 0.310 e. The van der Waals surface area contributed by atoms with Crippen LogP contribution in [-0.2, 0) is 16.2 Å². The molecule has 0 N–H and O–H groups in total. The van der Waals surface area contributed by atoms with Crippen molar-refractivity contribution in [3.05, 3.63) is 229 Å². The molecule has 2 aliphatic rings. The molecule has 5 heteroatoms. The Balaban J connectivity index is 1.24. The number of benzene rings is 9. The van der Waals surface area contributed by atoms with Crippen LogP contribution in [0.1, 0.15) is 84.6 Å². The summed E-state index contributed by atoms with van der Waals surface area (Å²) in [6, 6.07) is 77.6. The molecule has 0 radical (unpaired) electrons. The second-order valence-electron chi connectivity index (χ2n) is 23.5. The van der Waals surface area contributed by atoms with Gasteiger partial charge in [0, 0.05) is 65.8 Å². The standard InChI is InChI=1S/C69H64BN3S/c1-45-40-60-62-61(41-45)73(63-55(46-24-15-11-16-25-46)42-49(68(5,6)7)43-56(63)47-26-17-12-18-27-47)59-44-53(71(50-28-19-13-20-29-50)51-30-21-14-22-31-51)38-39-58(59)70(62)66-64(54-32-23-33-57(65(54)74-66)69(8,9)10)72(60)52-36-34-48(35-37-52)67(2,3)4/h11-44H,1-10H3. The molecule has 0 spiro atoms. The van der Waals surface area contributed by atoms with E-state index in [0.29, 0.717) is 0 Å². The van der Waals surface area contributed by atoms with Crippen LogP contribution in [-0.4, -0.2) is 6.71 Å². The van der Waals surface area contributed by atoms with Gasteiger partial charge in [-0.1, -0.05) is 196 Å². The van der Waals surface area contributed by atoms with Gasteiger partial charge < -0.3 is 14.7 Å². The highest BCUT2D eigenvalue weighted by Crippen LogP contribution is 2.54. The first-order chi connectivity index (χ1) is 35.5. The number of hydrogen-bond donors (Lipinski definition) is 0. The van der Waals surface area contributed by atoms with Gasteiger partial charge in [0.25, 0.3) is 6.71 Å². The van der Waals surface area contributed by atoms with Crippen LogP contribution in [0.4, 0.5) is 51.2 Å². The van der Waals surface area contributed by atoms with Crippen molar-refractivity contribution in [2.45, 2.75) is 85.5 Å². The van der Waals surface area contributed by atoms with Gasteiger partial charge in [-0.3, -0.25) is 0 Å². The van der Waals surface area contributed by atoms with Gasteiger partial charge in [-0.05, 0) is 140 Å². The number of para-hydroxylation sites is 2. The van der Waals surface area contributed by atoms with Crippen molar-refractivity contribution in [1.82, 2.24) is 0 Å². The molecule has 0 saturated heterocycles. The average molecular weight is 978 g/mol. The summed E-state index contributed by atoms with van der Waals surface area (Å²) in [7, 11) is 0. The number of nitrogens with zero attached hydrogens (tertiary/aromatic N) is 3. The molecule has 3 heterocycles. The maximum atomic E-state index is 2.67. The van der Waals surface area contributed by atoms with Gasteiger partial charge in [0.05, 0.1) is 11.4 Å². The van der Waals surface area contributed by atoms with E-state index in [1.54, 1.807) is 0 Å². The quantitative estimate of drug-likeness (QED) is 0.147. The predicted octanol–water partition coefficient (Wildman–Crippen LogP) is 18.0. The number of fused-ring (bicyclic) bond motifs is 6. The molecule has 74 heavy (non-hydrogen) atoms. The highest BCUT2D eigenvalue weighted by Gasteiger charge is 2.47. The summed E-state index contributed by atoms with van der Waals surface area (Å²) >= 11 is 2.00. The van der Waals surface area contributed by atoms with Crippen LogP contribution in [0.3, 0.4) is 0 Å². The minimum Gasteiger partial charge on any atom is -0.310 e. The molecule has 12 rings (SSSR count). The summed E-state index contributed by atoms with van der Waals surface area (Å²) in [6.45, 7) is 23.3. The normalized spacial score (nSPS) is 13.2. The number of aryl methyl sites for hydroxylation is 1. The van der Waals surface area contributed by atoms with E-state index in [4.69, 9.17) is 0 Å². The van der Waals surface area contributed by atoms with Gasteiger partial charge in [-0.15, -0.1) is 11.3 Å². The summed E-state index contributed by atoms with van der Waals surface area (Å²) in [5, 5.41) is 1.31. The van der Waals surface area contributed by atoms with Gasteiger partial charge in [-0.25, -0.2) is 0 Å². The lowest BCUT2D eigenvalue weighted by Gasteiger charge is -2.45. The molecule has 0 bridgehead atoms. The Kier molecular flexibility index (Phi) is 11.4. The Hall–Kier alpha value is -7.60. The predicted molar refractivity (Wildman–Crippen MR) is 322 cm³/mol. The van der Waals surface area contributed by atoms with E-state index in [9.17, 15) is 0 Å². The van der Waals surface area contributed by atoms with E-state index >= 15 is 0 Å². The van der Waals surface area contributed by atoms with Crippen molar-refractivity contribution in [2.24, 2.45) is 0 Å². The van der Waals surface area contributed by atoms with Gasteiger partial charge in [0.1, 0.15) is 0 Å². The van der Waals surface area contributed by atoms with Crippen molar-refractivity contribution >= 4 is 95.0 Å². The molecule has 1 aromatic heterocycles. The van der Waals surface area contributed by atoms with Crippen molar-refractivity contribution in [3.8, 4) is 22.3 Å². The van der Waals surface area contributed by atoms with Crippen LogP contribution < -0.4 is 30.4 Å². The maximum absolute atomic E-state index is 2.67. The monoisotopic (exact) mass is 977 g/mol. The van der Waals surface area contributed by atoms with Crippen molar-refractivity contribution in [3.63, 3.8) is 0 Å². The zero-order valence-electron chi connectivity index (χ0n) is 44.5. The third-order valence-corrected chi connectivity index (χ3v) is 16.6. The van der Waals surface area contributed by atoms with Crippen LogP contribution in [0.5, 0.6) is 0 Å². The summed E-state index contributed by atoms with van der Waals surface area (Å²) in [5.41, 5.74) is 23.0. The average Bonchev–Trinajstić information content (AvgIpc) is 3.81. The van der Waals surface area contributed by atoms with Crippen molar-refractivity contribution < 1.29 is 0 Å². The molecule has 364 valence electrons. The van der Waals surface area contributed by atoms with Crippen LogP contribution in [0.15, 0.2) is 206 Å². The number of anilines is 9. The van der Waals surface area contributed by atoms with Crippen molar-refractivity contribution in [1.29, 1.82) is 0 Å². The summed E-state index contributed by atoms with van der Waals surface area (Å²) in [5.74, 6) is 0. The molecule has 0 atom stereocenters. The first kappa shape index (κ1) is 47.4. The van der Waals surface area contributed by atoms with E-state index in [0.717, 1.165) is 17.1 Å². The Morgan fingerprint density at radius 3 is 1.49 bits per heavy atom. The minimum atomic E-state index is -0.120. The smallest absolute Gasteiger partial charge is 0.264 e. The highest BCUT2D eigenvalue weighted by molar-refractivity contribution is 7.34. The molecule has 0 aliphatic carbocycles. The zero-order chi connectivity index (χ0) is 51.3. The molecule has 3 nitrogen and oxygen atoms in total. The Morgan fingerprint density at radius 2 is 0.959 bits per heavy atom. The zero-order valence-corrected chi connectivity index (χ0v) is 45.3. The molecular formula is C69H64BN3S. The van der Waals surface area contributed by atoms with E-state index < -0.39 is 0 Å².